The van der Waals surface area contributed by atoms with Crippen molar-refractivity contribution in [2.45, 2.75) is 33.6 Å². The smallest absolute Gasteiger partial charge is 0.215 e. The van der Waals surface area contributed by atoms with Crippen LogP contribution in [0.1, 0.15) is 33.6 Å². The Morgan fingerprint density at radius 2 is 1.92 bits per heavy atom. The highest BCUT2D eigenvalue weighted by molar-refractivity contribution is 14.0. The maximum Gasteiger partial charge on any atom is 0.215 e. The minimum atomic E-state index is -3.18. The molecule has 0 aromatic rings. The Morgan fingerprint density at radius 1 is 1.24 bits per heavy atom. The van der Waals surface area contributed by atoms with E-state index >= 15 is 0 Å². The molecule has 2 fully saturated rings. The summed E-state index contributed by atoms with van der Waals surface area (Å²) in [5, 5.41) is 3.32. The van der Waals surface area contributed by atoms with E-state index in [4.69, 9.17) is 0 Å². The molecular weight excluding hydrogens is 471 g/mol. The fourth-order valence-electron chi connectivity index (χ4n) is 3.14. The number of hydrogen-bond donors (Lipinski definition) is 1. The van der Waals surface area contributed by atoms with Crippen molar-refractivity contribution in [1.29, 1.82) is 0 Å². The van der Waals surface area contributed by atoms with Crippen LogP contribution < -0.4 is 5.32 Å². The number of rotatable bonds is 6. The van der Waals surface area contributed by atoms with Crippen LogP contribution in [0.5, 0.6) is 0 Å². The number of nitrogens with one attached hydrogen (secondary N) is 1. The first kappa shape index (κ1) is 23.3. The lowest BCUT2D eigenvalue weighted by atomic mass is 9.87. The predicted molar refractivity (Wildman–Crippen MR) is 119 cm³/mol. The van der Waals surface area contributed by atoms with Crippen LogP contribution in [0.4, 0.5) is 0 Å². The summed E-state index contributed by atoms with van der Waals surface area (Å²) in [6.07, 6.45) is 2.32. The van der Waals surface area contributed by atoms with E-state index in [1.165, 1.54) is 0 Å². The fourth-order valence-corrected chi connectivity index (χ4v) is 5.59. The van der Waals surface area contributed by atoms with Crippen molar-refractivity contribution < 1.29 is 8.42 Å². The molecule has 0 bridgehead atoms. The van der Waals surface area contributed by atoms with Gasteiger partial charge in [-0.15, -0.1) is 24.0 Å². The molecule has 0 radical (unpaired) electrons. The predicted octanol–water partition coefficient (Wildman–Crippen LogP) is 2.07. The molecule has 2 rings (SSSR count). The van der Waals surface area contributed by atoms with Gasteiger partial charge in [-0.05, 0) is 25.2 Å². The second kappa shape index (κ2) is 10.6. The molecule has 2 aliphatic heterocycles. The maximum atomic E-state index is 12.4. The first-order valence-electron chi connectivity index (χ1n) is 8.99. The summed E-state index contributed by atoms with van der Waals surface area (Å²) >= 11 is 1.82. The van der Waals surface area contributed by atoms with Crippen molar-refractivity contribution in [2.75, 3.05) is 56.5 Å². The first-order valence-corrected chi connectivity index (χ1v) is 11.8. The summed E-state index contributed by atoms with van der Waals surface area (Å²) in [5.74, 6) is 2.76. The molecule has 148 valence electrons. The van der Waals surface area contributed by atoms with Crippen molar-refractivity contribution in [3.63, 3.8) is 0 Å². The van der Waals surface area contributed by atoms with E-state index < -0.39 is 10.0 Å². The molecule has 2 saturated heterocycles. The molecule has 1 N–H and O–H groups in total. The van der Waals surface area contributed by atoms with Crippen LogP contribution in [0.25, 0.3) is 0 Å². The van der Waals surface area contributed by atoms with Gasteiger partial charge < -0.3 is 10.2 Å². The van der Waals surface area contributed by atoms with Gasteiger partial charge in [-0.1, -0.05) is 13.8 Å². The number of aliphatic imine (C=N–C) groups is 1. The minimum Gasteiger partial charge on any atom is -0.357 e. The Labute approximate surface area is 174 Å². The van der Waals surface area contributed by atoms with Gasteiger partial charge in [-0.3, -0.25) is 4.99 Å². The molecule has 0 aromatic carbocycles. The van der Waals surface area contributed by atoms with Gasteiger partial charge in [0.05, 0.1) is 12.3 Å². The summed E-state index contributed by atoms with van der Waals surface area (Å²) in [4.78, 5) is 6.87. The number of thioether (sulfide) groups is 1. The van der Waals surface area contributed by atoms with E-state index in [1.807, 2.05) is 18.7 Å². The third kappa shape index (κ3) is 6.73. The summed E-state index contributed by atoms with van der Waals surface area (Å²) in [5.41, 5.74) is 0.341. The number of hydrogen-bond acceptors (Lipinski definition) is 4. The molecule has 2 aliphatic rings. The monoisotopic (exact) mass is 504 g/mol. The molecule has 9 heteroatoms. The molecule has 0 amide bonds. The summed E-state index contributed by atoms with van der Waals surface area (Å²) in [7, 11) is -3.18. The molecule has 25 heavy (non-hydrogen) atoms. The highest BCUT2D eigenvalue weighted by atomic mass is 127. The van der Waals surface area contributed by atoms with Gasteiger partial charge in [0.2, 0.25) is 10.0 Å². The van der Waals surface area contributed by atoms with E-state index in [2.05, 4.69) is 29.1 Å². The number of halogens is 1. The number of likely N-dealkylation sites (tertiary alicyclic amines) is 1. The minimum absolute atomic E-state index is 0. The van der Waals surface area contributed by atoms with E-state index in [0.717, 1.165) is 49.9 Å². The quantitative estimate of drug-likeness (QED) is 0.341. The molecule has 2 heterocycles. The van der Waals surface area contributed by atoms with Crippen molar-refractivity contribution in [3.05, 3.63) is 0 Å². The first-order chi connectivity index (χ1) is 11.4. The van der Waals surface area contributed by atoms with Crippen LogP contribution in [0.3, 0.4) is 0 Å². The third-order valence-electron chi connectivity index (χ3n) is 5.02. The van der Waals surface area contributed by atoms with Gasteiger partial charge >= 0.3 is 0 Å². The average molecular weight is 505 g/mol. The van der Waals surface area contributed by atoms with Crippen molar-refractivity contribution >= 4 is 51.7 Å². The maximum absolute atomic E-state index is 12.4. The SMILES string of the molecule is CCNC(=NCCS(=O)(=O)N1CCSCC1)N1CCC(C)(CC)C1.I. The average Bonchev–Trinajstić information content (AvgIpc) is 2.98. The van der Waals surface area contributed by atoms with Gasteiger partial charge in [0.15, 0.2) is 5.96 Å². The van der Waals surface area contributed by atoms with Crippen molar-refractivity contribution in [1.82, 2.24) is 14.5 Å². The number of nitrogens with zero attached hydrogens (tertiary/aromatic N) is 3. The Bertz CT molecular complexity index is 538. The highest BCUT2D eigenvalue weighted by Crippen LogP contribution is 2.32. The second-order valence-corrected chi connectivity index (χ2v) is 10.2. The molecule has 0 aromatic heterocycles. The van der Waals surface area contributed by atoms with Crippen molar-refractivity contribution in [3.8, 4) is 0 Å². The molecule has 6 nitrogen and oxygen atoms in total. The van der Waals surface area contributed by atoms with Gasteiger partial charge in [-0.2, -0.15) is 11.8 Å². The van der Waals surface area contributed by atoms with E-state index in [0.29, 0.717) is 25.0 Å². The topological polar surface area (TPSA) is 65.0 Å². The molecule has 0 spiro atoms. The van der Waals surface area contributed by atoms with E-state index in [9.17, 15) is 8.42 Å². The third-order valence-corrected chi connectivity index (χ3v) is 7.81. The zero-order chi connectivity index (χ0) is 17.6. The summed E-state index contributed by atoms with van der Waals surface area (Å²) < 4.78 is 26.4. The molecule has 0 aliphatic carbocycles. The van der Waals surface area contributed by atoms with Gasteiger partial charge in [0, 0.05) is 44.2 Å². The lowest BCUT2D eigenvalue weighted by molar-refractivity contribution is 0.322. The second-order valence-electron chi connectivity index (χ2n) is 6.90. The Kier molecular flexibility index (Phi) is 9.84. The Morgan fingerprint density at radius 3 is 2.48 bits per heavy atom. The molecule has 1 unspecified atom stereocenters. The zero-order valence-corrected chi connectivity index (χ0v) is 19.6. The van der Waals surface area contributed by atoms with Gasteiger partial charge in [0.1, 0.15) is 0 Å². The van der Waals surface area contributed by atoms with E-state index in [1.54, 1.807) is 4.31 Å². The van der Waals surface area contributed by atoms with Crippen LogP contribution >= 0.6 is 35.7 Å². The standard InChI is InChI=1S/C16H32N4O2S2.HI/c1-4-16(3)6-8-19(14-16)15(17-5-2)18-7-13-24(21,22)20-9-11-23-12-10-20;/h4-14H2,1-3H3,(H,17,18);1H. The van der Waals surface area contributed by atoms with Crippen LogP contribution in [0, 0.1) is 5.41 Å². The van der Waals surface area contributed by atoms with Crippen LogP contribution in [0.2, 0.25) is 0 Å². The van der Waals surface area contributed by atoms with Gasteiger partial charge in [0.25, 0.3) is 0 Å². The fraction of sp³-hybridized carbons (Fsp3) is 0.938. The highest BCUT2D eigenvalue weighted by Gasteiger charge is 2.33. The lowest BCUT2D eigenvalue weighted by Gasteiger charge is -2.26. The zero-order valence-electron chi connectivity index (χ0n) is 15.7. The Balaban J connectivity index is 0.00000312. The Hall–Kier alpha value is 0.260. The number of guanidine groups is 1. The van der Waals surface area contributed by atoms with Crippen LogP contribution in [-0.2, 0) is 10.0 Å². The molecule has 1 atom stereocenters. The van der Waals surface area contributed by atoms with Crippen molar-refractivity contribution in [2.24, 2.45) is 10.4 Å². The summed E-state index contributed by atoms with van der Waals surface area (Å²) in [6.45, 7) is 11.0. The largest absolute Gasteiger partial charge is 0.357 e. The molecule has 0 saturated carbocycles. The van der Waals surface area contributed by atoms with Crippen LogP contribution in [0.15, 0.2) is 4.99 Å². The summed E-state index contributed by atoms with van der Waals surface area (Å²) in [6, 6.07) is 0. The normalized spacial score (nSPS) is 25.7. The number of sulfonamides is 1. The lowest BCUT2D eigenvalue weighted by Crippen LogP contribution is -2.42. The molecular formula is C16H33IN4O2S2. The van der Waals surface area contributed by atoms with E-state index in [-0.39, 0.29) is 29.7 Å². The van der Waals surface area contributed by atoms with Crippen LogP contribution in [-0.4, -0.2) is 80.1 Å². The van der Waals surface area contributed by atoms with Gasteiger partial charge in [-0.25, -0.2) is 12.7 Å².